The maximum atomic E-state index is 12.0. The molecule has 4 rings (SSSR count). The number of nitrogens with zero attached hydrogens (tertiary/aromatic N) is 5. The van der Waals surface area contributed by atoms with Crippen molar-refractivity contribution in [3.8, 4) is 6.07 Å². The van der Waals surface area contributed by atoms with Crippen LogP contribution in [0.1, 0.15) is 38.1 Å². The molecule has 178 valence electrons. The lowest BCUT2D eigenvalue weighted by Crippen LogP contribution is -2.43. The highest BCUT2D eigenvalue weighted by molar-refractivity contribution is 6.01. The Kier molecular flexibility index (Phi) is 6.79. The van der Waals surface area contributed by atoms with Crippen LogP contribution in [0.25, 0.3) is 22.1 Å². The summed E-state index contributed by atoms with van der Waals surface area (Å²) in [6.07, 6.45) is 6.06. The first-order valence-corrected chi connectivity index (χ1v) is 11.0. The van der Waals surface area contributed by atoms with Crippen molar-refractivity contribution in [2.45, 2.75) is 32.3 Å². The number of ether oxygens (including phenoxy) is 2. The summed E-state index contributed by atoms with van der Waals surface area (Å²) in [4.78, 5) is 35.4. The fourth-order valence-electron chi connectivity index (χ4n) is 4.30. The van der Waals surface area contributed by atoms with E-state index in [-0.39, 0.29) is 12.2 Å². The van der Waals surface area contributed by atoms with E-state index < -0.39 is 18.0 Å². The fraction of sp³-hybridized carbons (Fsp3) is 0.435. The average Bonchev–Trinajstić information content (AvgIpc) is 3.46. The number of carboxylic acids is 1. The second-order valence-corrected chi connectivity index (χ2v) is 8.23. The van der Waals surface area contributed by atoms with Crippen molar-refractivity contribution < 1.29 is 24.2 Å². The number of aliphatic carboxylic acids is 1. The van der Waals surface area contributed by atoms with Crippen LogP contribution in [0.2, 0.25) is 0 Å². The van der Waals surface area contributed by atoms with Gasteiger partial charge in [0.2, 0.25) is 0 Å². The first-order chi connectivity index (χ1) is 16.4. The van der Waals surface area contributed by atoms with Gasteiger partial charge in [-0.25, -0.2) is 24.2 Å². The van der Waals surface area contributed by atoms with E-state index in [2.05, 4.69) is 25.8 Å². The molecule has 0 spiro atoms. The number of piperidine rings is 1. The quantitative estimate of drug-likeness (QED) is 0.377. The van der Waals surface area contributed by atoms with Crippen LogP contribution in [0.3, 0.4) is 0 Å². The maximum Gasteiger partial charge on any atom is 0.336 e. The van der Waals surface area contributed by atoms with Gasteiger partial charge in [-0.15, -0.1) is 0 Å². The summed E-state index contributed by atoms with van der Waals surface area (Å²) in [6, 6.07) is 4.22. The zero-order valence-electron chi connectivity index (χ0n) is 19.0. The van der Waals surface area contributed by atoms with Gasteiger partial charge < -0.3 is 24.6 Å². The van der Waals surface area contributed by atoms with Crippen molar-refractivity contribution >= 4 is 34.0 Å². The Balaban J connectivity index is 1.69. The minimum absolute atomic E-state index is 0.100. The molecule has 1 saturated heterocycles. The number of nitrogens with one attached hydrogen (secondary N) is 1. The lowest BCUT2D eigenvalue weighted by atomic mass is 9.95. The van der Waals surface area contributed by atoms with Gasteiger partial charge in [0.15, 0.2) is 5.82 Å². The first-order valence-electron chi connectivity index (χ1n) is 11.0. The van der Waals surface area contributed by atoms with Crippen LogP contribution >= 0.6 is 0 Å². The summed E-state index contributed by atoms with van der Waals surface area (Å²) >= 11 is 0. The number of H-pyrrole nitrogens is 1. The van der Waals surface area contributed by atoms with Gasteiger partial charge in [0.1, 0.15) is 22.8 Å². The molecule has 0 aromatic carbocycles. The van der Waals surface area contributed by atoms with E-state index in [0.717, 1.165) is 48.6 Å². The maximum absolute atomic E-state index is 12.0. The lowest BCUT2D eigenvalue weighted by molar-refractivity contribution is -0.138. The minimum Gasteiger partial charge on any atom is -0.478 e. The molecule has 1 atom stereocenters. The molecule has 4 heterocycles. The Morgan fingerprint density at radius 1 is 1.41 bits per heavy atom. The van der Waals surface area contributed by atoms with Crippen molar-refractivity contribution in [3.05, 3.63) is 35.9 Å². The molecular weight excluding hydrogens is 440 g/mol. The van der Waals surface area contributed by atoms with E-state index in [9.17, 15) is 9.59 Å². The average molecular weight is 466 g/mol. The third-order valence-electron chi connectivity index (χ3n) is 6.05. The summed E-state index contributed by atoms with van der Waals surface area (Å²) in [5.74, 6) is -1.04. The number of esters is 1. The normalized spacial score (nSPS) is 16.0. The van der Waals surface area contributed by atoms with E-state index in [4.69, 9.17) is 20.1 Å². The molecule has 2 N–H and O–H groups in total. The number of methoxy groups -OCH3 is 1. The Morgan fingerprint density at radius 3 is 2.85 bits per heavy atom. The van der Waals surface area contributed by atoms with Gasteiger partial charge in [-0.1, -0.05) is 0 Å². The summed E-state index contributed by atoms with van der Waals surface area (Å²) < 4.78 is 12.6. The molecule has 1 fully saturated rings. The molecule has 0 saturated carbocycles. The number of pyridine rings is 1. The van der Waals surface area contributed by atoms with Crippen molar-refractivity contribution in [3.63, 3.8) is 0 Å². The van der Waals surface area contributed by atoms with E-state index >= 15 is 0 Å². The van der Waals surface area contributed by atoms with E-state index in [0.29, 0.717) is 23.7 Å². The van der Waals surface area contributed by atoms with Crippen LogP contribution in [0.15, 0.2) is 30.1 Å². The smallest absolute Gasteiger partial charge is 0.336 e. The Hall–Kier alpha value is -3.91. The van der Waals surface area contributed by atoms with Gasteiger partial charge in [0.25, 0.3) is 0 Å². The molecule has 3 aromatic rings. The number of carboxylic acid groups (broad SMARTS) is 1. The monoisotopic (exact) mass is 466 g/mol. The summed E-state index contributed by atoms with van der Waals surface area (Å²) in [7, 11) is 1.19. The zero-order chi connectivity index (χ0) is 24.2. The van der Waals surface area contributed by atoms with Gasteiger partial charge >= 0.3 is 11.9 Å². The number of hydrogen-bond donors (Lipinski definition) is 2. The van der Waals surface area contributed by atoms with Crippen molar-refractivity contribution in [2.75, 3.05) is 31.8 Å². The number of carbonyl (C=O) groups is 2. The molecule has 0 amide bonds. The fourth-order valence-corrected chi connectivity index (χ4v) is 4.30. The third-order valence-corrected chi connectivity index (χ3v) is 6.05. The van der Waals surface area contributed by atoms with E-state index in [1.807, 2.05) is 16.9 Å². The molecule has 11 heteroatoms. The van der Waals surface area contributed by atoms with E-state index in [1.54, 1.807) is 13.1 Å². The topological polar surface area (TPSA) is 146 Å². The third kappa shape index (κ3) is 4.58. The van der Waals surface area contributed by atoms with Crippen LogP contribution in [0.5, 0.6) is 0 Å². The van der Waals surface area contributed by atoms with Gasteiger partial charge in [0.05, 0.1) is 31.6 Å². The van der Waals surface area contributed by atoms with Crippen LogP contribution in [0, 0.1) is 17.2 Å². The molecule has 0 bridgehead atoms. The predicted octanol–water partition coefficient (Wildman–Crippen LogP) is 2.44. The molecule has 0 radical (unpaired) electrons. The zero-order valence-corrected chi connectivity index (χ0v) is 19.0. The molecule has 1 unspecified atom stereocenters. The molecule has 1 aliphatic heterocycles. The van der Waals surface area contributed by atoms with Crippen LogP contribution in [-0.2, 0) is 19.1 Å². The molecule has 11 nitrogen and oxygen atoms in total. The Bertz CT molecular complexity index is 1280. The second kappa shape index (κ2) is 9.93. The summed E-state index contributed by atoms with van der Waals surface area (Å²) in [5.41, 5.74) is 2.23. The molecule has 34 heavy (non-hydrogen) atoms. The number of aromatic amines is 1. The van der Waals surface area contributed by atoms with Crippen LogP contribution < -0.4 is 5.01 Å². The van der Waals surface area contributed by atoms with Crippen LogP contribution in [-0.4, -0.2) is 63.5 Å². The predicted molar refractivity (Wildman–Crippen MR) is 122 cm³/mol. The molecule has 1 aliphatic rings. The molecule has 0 aliphatic carbocycles. The van der Waals surface area contributed by atoms with Crippen molar-refractivity contribution in [1.29, 1.82) is 5.26 Å². The highest BCUT2D eigenvalue weighted by Gasteiger charge is 2.27. The van der Waals surface area contributed by atoms with Gasteiger partial charge in [-0.2, -0.15) is 5.26 Å². The number of hydrogen-bond acceptors (Lipinski definition) is 8. The van der Waals surface area contributed by atoms with E-state index in [1.165, 1.54) is 7.11 Å². The minimum atomic E-state index is -1.26. The standard InChI is InChI=1S/C23H26N6O5/c1-14(34-13-16(11-19(30)31)23(32)33-2)22-27-18-12-26-21-17(4-8-25-21)20(18)29(22)28-9-5-15(3-7-24)6-10-28/h4,8,11-12,14-15H,3,5-6,9-10,13H2,1-2H3,(H,25,26)(H,30,31)/b16-11+. The highest BCUT2D eigenvalue weighted by Crippen LogP contribution is 2.30. The lowest BCUT2D eigenvalue weighted by Gasteiger charge is -2.35. The number of carbonyl (C=O) groups excluding carboxylic acids is 1. The number of aromatic nitrogens is 4. The number of imidazole rings is 1. The number of nitriles is 1. The highest BCUT2D eigenvalue weighted by atomic mass is 16.5. The molecular formula is C23H26N6O5. The second-order valence-electron chi connectivity index (χ2n) is 8.23. The van der Waals surface area contributed by atoms with Gasteiger partial charge in [-0.05, 0) is 31.7 Å². The Morgan fingerprint density at radius 2 is 2.18 bits per heavy atom. The van der Waals surface area contributed by atoms with Crippen molar-refractivity contribution in [1.82, 2.24) is 19.6 Å². The summed E-state index contributed by atoms with van der Waals surface area (Å²) in [5, 5.41) is 21.2. The Labute approximate surface area is 195 Å². The molecule has 3 aromatic heterocycles. The summed E-state index contributed by atoms with van der Waals surface area (Å²) in [6.45, 7) is 3.05. The number of fused-ring (bicyclic) bond motifs is 3. The number of rotatable bonds is 8. The largest absolute Gasteiger partial charge is 0.478 e. The van der Waals surface area contributed by atoms with Crippen molar-refractivity contribution in [2.24, 2.45) is 5.92 Å². The van der Waals surface area contributed by atoms with Gasteiger partial charge in [-0.3, -0.25) is 0 Å². The SMILES string of the molecule is COC(=O)/C(=C/C(=O)O)COC(C)c1nc2cnc3[nH]ccc3c2n1N1CCC(CC#N)CC1. The van der Waals surface area contributed by atoms with Crippen LogP contribution in [0.4, 0.5) is 0 Å². The first kappa shape index (κ1) is 23.3. The van der Waals surface area contributed by atoms with Gasteiger partial charge in [0, 0.05) is 37.2 Å².